The molecule has 1 aliphatic rings. The quantitative estimate of drug-likeness (QED) is 0.616. The number of ether oxygens (including phenoxy) is 1. The molecule has 0 bridgehead atoms. The van der Waals surface area contributed by atoms with Gasteiger partial charge in [-0.3, -0.25) is 0 Å². The zero-order valence-corrected chi connectivity index (χ0v) is 14.9. The smallest absolute Gasteiger partial charge is 0.129 e. The molecule has 0 aliphatic carbocycles. The van der Waals surface area contributed by atoms with Gasteiger partial charge in [0.05, 0.1) is 26.3 Å². The Morgan fingerprint density at radius 2 is 1.92 bits per heavy atom. The maximum Gasteiger partial charge on any atom is 0.129 e. The third-order valence-electron chi connectivity index (χ3n) is 5.06. The Morgan fingerprint density at radius 1 is 1.17 bits per heavy atom. The van der Waals surface area contributed by atoms with Crippen LogP contribution in [-0.2, 0) is 10.3 Å². The van der Waals surface area contributed by atoms with Gasteiger partial charge in [-0.05, 0) is 23.1 Å². The number of hydrogen-bond acceptors (Lipinski definition) is 3. The molecule has 2 aromatic rings. The summed E-state index contributed by atoms with van der Waals surface area (Å²) in [4.78, 5) is 1.01. The van der Waals surface area contributed by atoms with E-state index in [2.05, 4.69) is 6.58 Å². The molecule has 1 aliphatic heterocycles. The van der Waals surface area contributed by atoms with Crippen molar-refractivity contribution in [2.24, 2.45) is 0 Å². The van der Waals surface area contributed by atoms with E-state index < -0.39 is 5.60 Å². The van der Waals surface area contributed by atoms with E-state index in [1.54, 1.807) is 11.3 Å². The molecule has 128 valence electrons. The molecule has 1 aromatic heterocycles. The Labute approximate surface area is 148 Å². The van der Waals surface area contributed by atoms with Crippen LogP contribution in [0.1, 0.15) is 16.9 Å². The molecule has 1 saturated heterocycles. The second-order valence-electron chi connectivity index (χ2n) is 6.55. The minimum Gasteiger partial charge on any atom is -0.379 e. The lowest BCUT2D eigenvalue weighted by atomic mass is 9.88. The summed E-state index contributed by atoms with van der Waals surface area (Å²) in [6.45, 7) is 9.33. The fourth-order valence-electron chi connectivity index (χ4n) is 3.54. The largest absolute Gasteiger partial charge is 0.379 e. The lowest BCUT2D eigenvalue weighted by Gasteiger charge is -2.42. The molecule has 1 fully saturated rings. The fourth-order valence-corrected chi connectivity index (χ4v) is 4.41. The Hall–Kier alpha value is -1.46. The SMILES string of the molecule is C=CC[N+]1(CC[C@@](O)(c2ccccc2)c2cccs2)CCOCC1. The summed E-state index contributed by atoms with van der Waals surface area (Å²) < 4.78 is 6.50. The van der Waals surface area contributed by atoms with E-state index in [9.17, 15) is 5.11 Å². The molecule has 2 heterocycles. The molecule has 0 amide bonds. The van der Waals surface area contributed by atoms with Crippen LogP contribution in [-0.4, -0.2) is 49.0 Å². The van der Waals surface area contributed by atoms with Crippen LogP contribution in [0, 0.1) is 0 Å². The number of thiophene rings is 1. The number of quaternary nitrogens is 1. The van der Waals surface area contributed by atoms with E-state index in [-0.39, 0.29) is 0 Å². The Balaban J connectivity index is 1.86. The number of rotatable bonds is 7. The van der Waals surface area contributed by atoms with E-state index in [1.165, 1.54) is 0 Å². The topological polar surface area (TPSA) is 29.5 Å². The summed E-state index contributed by atoms with van der Waals surface area (Å²) in [6.07, 6.45) is 2.70. The van der Waals surface area contributed by atoms with Crippen molar-refractivity contribution in [1.29, 1.82) is 0 Å². The van der Waals surface area contributed by atoms with Gasteiger partial charge in [0.1, 0.15) is 18.7 Å². The highest BCUT2D eigenvalue weighted by Crippen LogP contribution is 2.36. The number of aliphatic hydroxyl groups is 1. The van der Waals surface area contributed by atoms with Gasteiger partial charge in [-0.25, -0.2) is 0 Å². The second-order valence-corrected chi connectivity index (χ2v) is 7.50. The molecular weight excluding hydrogens is 318 g/mol. The van der Waals surface area contributed by atoms with Crippen LogP contribution in [0.2, 0.25) is 0 Å². The van der Waals surface area contributed by atoms with Crippen LogP contribution in [0.4, 0.5) is 0 Å². The van der Waals surface area contributed by atoms with Gasteiger partial charge in [0, 0.05) is 11.3 Å². The first-order valence-corrected chi connectivity index (χ1v) is 9.42. The maximum atomic E-state index is 11.6. The summed E-state index contributed by atoms with van der Waals surface area (Å²) in [5.74, 6) is 0. The minimum absolute atomic E-state index is 0.700. The van der Waals surface area contributed by atoms with Crippen molar-refractivity contribution in [3.63, 3.8) is 0 Å². The number of benzene rings is 1. The highest BCUT2D eigenvalue weighted by Gasteiger charge is 2.37. The molecule has 0 saturated carbocycles. The van der Waals surface area contributed by atoms with E-state index in [1.807, 2.05) is 53.9 Å². The lowest BCUT2D eigenvalue weighted by molar-refractivity contribution is -0.930. The van der Waals surface area contributed by atoms with Gasteiger partial charge in [0.15, 0.2) is 0 Å². The van der Waals surface area contributed by atoms with Gasteiger partial charge in [-0.15, -0.1) is 11.3 Å². The standard InChI is InChI=1S/C20H26NO2S/c1-2-11-21(13-15-23-16-14-21)12-10-20(22,19-9-6-17-24-19)18-7-4-3-5-8-18/h2-9,17,22H,1,10-16H2/q+1/t20-/m1/s1. The third-order valence-corrected chi connectivity index (χ3v) is 6.09. The van der Waals surface area contributed by atoms with Gasteiger partial charge < -0.3 is 14.3 Å². The first kappa shape index (κ1) is 17.4. The zero-order chi connectivity index (χ0) is 16.9. The molecule has 3 nitrogen and oxygen atoms in total. The number of hydrogen-bond donors (Lipinski definition) is 1. The third kappa shape index (κ3) is 3.62. The summed E-state index contributed by atoms with van der Waals surface area (Å²) in [5.41, 5.74) is 0.0395. The molecule has 4 heteroatoms. The van der Waals surface area contributed by atoms with E-state index in [0.717, 1.165) is 54.3 Å². The zero-order valence-electron chi connectivity index (χ0n) is 14.1. The maximum absolute atomic E-state index is 11.6. The molecule has 3 rings (SSSR count). The van der Waals surface area contributed by atoms with E-state index in [0.29, 0.717) is 6.42 Å². The lowest BCUT2D eigenvalue weighted by Crippen LogP contribution is -2.56. The van der Waals surface area contributed by atoms with Crippen molar-refractivity contribution in [2.45, 2.75) is 12.0 Å². The molecule has 0 radical (unpaired) electrons. The predicted octanol–water partition coefficient (Wildman–Crippen LogP) is 3.41. The van der Waals surface area contributed by atoms with Crippen LogP contribution in [0.25, 0.3) is 0 Å². The first-order valence-electron chi connectivity index (χ1n) is 8.54. The van der Waals surface area contributed by atoms with Crippen molar-refractivity contribution in [2.75, 3.05) is 39.4 Å². The molecule has 0 unspecified atom stereocenters. The number of morpholine rings is 1. The molecular formula is C20H26NO2S+. The van der Waals surface area contributed by atoms with E-state index in [4.69, 9.17) is 4.74 Å². The van der Waals surface area contributed by atoms with Gasteiger partial charge in [0.2, 0.25) is 0 Å². The van der Waals surface area contributed by atoms with Crippen LogP contribution in [0.5, 0.6) is 0 Å². The van der Waals surface area contributed by atoms with Crippen molar-refractivity contribution >= 4 is 11.3 Å². The Bertz CT molecular complexity index is 635. The Kier molecular flexibility index (Phi) is 5.51. The van der Waals surface area contributed by atoms with Crippen molar-refractivity contribution < 1.29 is 14.3 Å². The van der Waals surface area contributed by atoms with Gasteiger partial charge in [-0.1, -0.05) is 43.0 Å². The average molecular weight is 345 g/mol. The molecule has 1 atom stereocenters. The summed E-state index contributed by atoms with van der Waals surface area (Å²) in [5, 5.41) is 13.6. The molecule has 1 N–H and O–H groups in total. The van der Waals surface area contributed by atoms with Crippen LogP contribution >= 0.6 is 11.3 Å². The van der Waals surface area contributed by atoms with Gasteiger partial charge in [0.25, 0.3) is 0 Å². The van der Waals surface area contributed by atoms with Gasteiger partial charge >= 0.3 is 0 Å². The average Bonchev–Trinajstić information content (AvgIpc) is 3.17. The summed E-state index contributed by atoms with van der Waals surface area (Å²) in [7, 11) is 0. The summed E-state index contributed by atoms with van der Waals surface area (Å²) in [6, 6.07) is 14.1. The van der Waals surface area contributed by atoms with Crippen LogP contribution in [0.15, 0.2) is 60.5 Å². The normalized spacial score (nSPS) is 19.5. The molecule has 24 heavy (non-hydrogen) atoms. The first-order chi connectivity index (χ1) is 11.7. The molecule has 1 aromatic carbocycles. The van der Waals surface area contributed by atoms with Crippen LogP contribution < -0.4 is 0 Å². The van der Waals surface area contributed by atoms with Crippen LogP contribution in [0.3, 0.4) is 0 Å². The van der Waals surface area contributed by atoms with Gasteiger partial charge in [-0.2, -0.15) is 0 Å². The Morgan fingerprint density at radius 3 is 2.54 bits per heavy atom. The monoisotopic (exact) mass is 344 g/mol. The van der Waals surface area contributed by atoms with Crippen molar-refractivity contribution in [1.82, 2.24) is 0 Å². The van der Waals surface area contributed by atoms with E-state index >= 15 is 0 Å². The van der Waals surface area contributed by atoms with Crippen molar-refractivity contribution in [3.8, 4) is 0 Å². The highest BCUT2D eigenvalue weighted by molar-refractivity contribution is 7.10. The minimum atomic E-state index is -0.930. The second kappa shape index (κ2) is 7.62. The predicted molar refractivity (Wildman–Crippen MR) is 99.1 cm³/mol. The van der Waals surface area contributed by atoms with Crippen molar-refractivity contribution in [3.05, 3.63) is 70.9 Å². The summed E-state index contributed by atoms with van der Waals surface area (Å²) >= 11 is 1.62. The molecule has 0 spiro atoms. The highest BCUT2D eigenvalue weighted by atomic mass is 32.1. The number of nitrogens with zero attached hydrogens (tertiary/aromatic N) is 1. The fraction of sp³-hybridized carbons (Fsp3) is 0.400.